The molecule has 0 unspecified atom stereocenters. The van der Waals surface area contributed by atoms with Crippen LogP contribution in [0.3, 0.4) is 0 Å². The van der Waals surface area contributed by atoms with Crippen molar-refractivity contribution < 1.29 is 14.6 Å². The van der Waals surface area contributed by atoms with Gasteiger partial charge in [0.25, 0.3) is 0 Å². The van der Waals surface area contributed by atoms with Crippen LogP contribution in [0.2, 0.25) is 0 Å². The first-order valence-electron chi connectivity index (χ1n) is 5.31. The standard InChI is InChI=1S/C11H19NO3/c1-3-7-15-10(14)12-8-11(4-2,9-12)5-6-13/h3,13H,1,4-9H2,2H3. The van der Waals surface area contributed by atoms with Crippen LogP contribution in [0.25, 0.3) is 0 Å². The predicted molar refractivity (Wildman–Crippen MR) is 57.5 cm³/mol. The smallest absolute Gasteiger partial charge is 0.410 e. The number of aliphatic hydroxyl groups excluding tert-OH is 1. The molecule has 0 aliphatic carbocycles. The van der Waals surface area contributed by atoms with Crippen molar-refractivity contribution in [1.29, 1.82) is 0 Å². The van der Waals surface area contributed by atoms with Crippen LogP contribution in [0.15, 0.2) is 12.7 Å². The molecule has 86 valence electrons. The Kier molecular flexibility index (Phi) is 4.15. The second-order valence-electron chi connectivity index (χ2n) is 4.05. The fourth-order valence-electron chi connectivity index (χ4n) is 1.91. The number of aliphatic hydroxyl groups is 1. The Balaban J connectivity index is 2.33. The lowest BCUT2D eigenvalue weighted by Crippen LogP contribution is -2.58. The van der Waals surface area contributed by atoms with Gasteiger partial charge in [-0.05, 0) is 12.8 Å². The molecule has 0 radical (unpaired) electrons. The number of hydrogen-bond acceptors (Lipinski definition) is 3. The van der Waals surface area contributed by atoms with E-state index in [-0.39, 0.29) is 24.7 Å². The molecule has 1 amide bonds. The summed E-state index contributed by atoms with van der Waals surface area (Å²) in [5, 5.41) is 8.92. The first kappa shape index (κ1) is 12.0. The SMILES string of the molecule is C=CCOC(=O)N1CC(CC)(CCO)C1. The van der Waals surface area contributed by atoms with Crippen LogP contribution in [-0.2, 0) is 4.74 Å². The number of likely N-dealkylation sites (tertiary alicyclic amines) is 1. The number of nitrogens with zero attached hydrogens (tertiary/aromatic N) is 1. The average molecular weight is 213 g/mol. The summed E-state index contributed by atoms with van der Waals surface area (Å²) in [6.07, 6.45) is 3.02. The number of amides is 1. The van der Waals surface area contributed by atoms with Crippen LogP contribution in [0.5, 0.6) is 0 Å². The number of rotatable bonds is 5. The summed E-state index contributed by atoms with van der Waals surface area (Å²) in [5.41, 5.74) is 0.113. The molecule has 4 nitrogen and oxygen atoms in total. The highest BCUT2D eigenvalue weighted by molar-refractivity contribution is 5.69. The molecule has 1 saturated heterocycles. The van der Waals surface area contributed by atoms with Gasteiger partial charge in [-0.15, -0.1) is 0 Å². The van der Waals surface area contributed by atoms with Crippen molar-refractivity contribution in [1.82, 2.24) is 4.90 Å². The summed E-state index contributed by atoms with van der Waals surface area (Å²) in [4.78, 5) is 13.1. The molecule has 1 aliphatic heterocycles. The lowest BCUT2D eigenvalue weighted by molar-refractivity contribution is -0.0172. The normalized spacial score (nSPS) is 18.1. The van der Waals surface area contributed by atoms with Crippen LogP contribution in [0.4, 0.5) is 4.79 Å². The van der Waals surface area contributed by atoms with Gasteiger partial charge < -0.3 is 14.7 Å². The minimum Gasteiger partial charge on any atom is -0.445 e. The Morgan fingerprint density at radius 2 is 2.33 bits per heavy atom. The minimum absolute atomic E-state index is 0.113. The zero-order valence-corrected chi connectivity index (χ0v) is 9.24. The molecule has 1 N–H and O–H groups in total. The molecule has 1 aliphatic rings. The predicted octanol–water partition coefficient (Wildman–Crippen LogP) is 1.40. The third-order valence-corrected chi connectivity index (χ3v) is 3.03. The Morgan fingerprint density at radius 3 is 2.80 bits per heavy atom. The van der Waals surface area contributed by atoms with Crippen LogP contribution < -0.4 is 0 Å². The van der Waals surface area contributed by atoms with E-state index in [1.54, 1.807) is 11.0 Å². The van der Waals surface area contributed by atoms with Gasteiger partial charge in [0.15, 0.2) is 0 Å². The largest absolute Gasteiger partial charge is 0.445 e. The monoisotopic (exact) mass is 213 g/mol. The zero-order chi connectivity index (χ0) is 11.3. The third kappa shape index (κ3) is 2.72. The maximum atomic E-state index is 11.4. The van der Waals surface area contributed by atoms with Gasteiger partial charge in [0.05, 0.1) is 0 Å². The molecule has 4 heteroatoms. The van der Waals surface area contributed by atoms with Crippen LogP contribution >= 0.6 is 0 Å². The lowest BCUT2D eigenvalue weighted by Gasteiger charge is -2.49. The summed E-state index contributed by atoms with van der Waals surface area (Å²) in [6, 6.07) is 0. The number of carbonyl (C=O) groups excluding carboxylic acids is 1. The summed E-state index contributed by atoms with van der Waals surface area (Å²) in [6.45, 7) is 7.40. The van der Waals surface area contributed by atoms with Gasteiger partial charge >= 0.3 is 6.09 Å². The number of carbonyl (C=O) groups is 1. The second kappa shape index (κ2) is 5.16. The van der Waals surface area contributed by atoms with Gasteiger partial charge in [0.1, 0.15) is 6.61 Å². The zero-order valence-electron chi connectivity index (χ0n) is 9.24. The average Bonchev–Trinajstić information content (AvgIpc) is 2.19. The summed E-state index contributed by atoms with van der Waals surface area (Å²) in [7, 11) is 0. The molecular formula is C11H19NO3. The first-order valence-corrected chi connectivity index (χ1v) is 5.31. The van der Waals surface area contributed by atoms with E-state index in [0.717, 1.165) is 12.8 Å². The maximum Gasteiger partial charge on any atom is 0.410 e. The highest BCUT2D eigenvalue weighted by Crippen LogP contribution is 2.37. The van der Waals surface area contributed by atoms with E-state index in [2.05, 4.69) is 13.5 Å². The molecule has 1 heterocycles. The maximum absolute atomic E-state index is 11.4. The molecule has 0 spiro atoms. The van der Waals surface area contributed by atoms with Crippen molar-refractivity contribution in [3.05, 3.63) is 12.7 Å². The summed E-state index contributed by atoms with van der Waals surface area (Å²) >= 11 is 0. The molecule has 15 heavy (non-hydrogen) atoms. The summed E-state index contributed by atoms with van der Waals surface area (Å²) in [5.74, 6) is 0. The minimum atomic E-state index is -0.281. The first-order chi connectivity index (χ1) is 7.17. The van der Waals surface area contributed by atoms with E-state index >= 15 is 0 Å². The van der Waals surface area contributed by atoms with Gasteiger partial charge in [0, 0.05) is 25.1 Å². The van der Waals surface area contributed by atoms with E-state index in [9.17, 15) is 4.79 Å². The van der Waals surface area contributed by atoms with E-state index in [0.29, 0.717) is 13.1 Å². The van der Waals surface area contributed by atoms with Crippen molar-refractivity contribution in [3.8, 4) is 0 Å². The quantitative estimate of drug-likeness (QED) is 0.702. The van der Waals surface area contributed by atoms with Crippen LogP contribution in [-0.4, -0.2) is 42.4 Å². The number of hydrogen-bond donors (Lipinski definition) is 1. The number of ether oxygens (including phenoxy) is 1. The van der Waals surface area contributed by atoms with E-state index in [1.165, 1.54) is 0 Å². The van der Waals surface area contributed by atoms with E-state index in [1.807, 2.05) is 0 Å². The third-order valence-electron chi connectivity index (χ3n) is 3.03. The molecule has 0 saturated carbocycles. The molecular weight excluding hydrogens is 194 g/mol. The Morgan fingerprint density at radius 1 is 1.67 bits per heavy atom. The van der Waals surface area contributed by atoms with Crippen molar-refractivity contribution >= 4 is 6.09 Å². The Labute approximate surface area is 90.5 Å². The summed E-state index contributed by atoms with van der Waals surface area (Å²) < 4.78 is 4.92. The Bertz CT molecular complexity index is 234. The fourth-order valence-corrected chi connectivity index (χ4v) is 1.91. The highest BCUT2D eigenvalue weighted by atomic mass is 16.6. The topological polar surface area (TPSA) is 49.8 Å². The fraction of sp³-hybridized carbons (Fsp3) is 0.727. The van der Waals surface area contributed by atoms with Crippen LogP contribution in [0, 0.1) is 5.41 Å². The molecule has 0 atom stereocenters. The van der Waals surface area contributed by atoms with Crippen molar-refractivity contribution in [2.75, 3.05) is 26.3 Å². The van der Waals surface area contributed by atoms with E-state index < -0.39 is 0 Å². The van der Waals surface area contributed by atoms with Gasteiger partial charge in [-0.1, -0.05) is 19.6 Å². The molecule has 0 bridgehead atoms. The molecule has 1 rings (SSSR count). The highest BCUT2D eigenvalue weighted by Gasteiger charge is 2.43. The van der Waals surface area contributed by atoms with Gasteiger partial charge in [-0.25, -0.2) is 4.79 Å². The van der Waals surface area contributed by atoms with Gasteiger partial charge in [-0.2, -0.15) is 0 Å². The molecule has 0 aromatic heterocycles. The molecule has 0 aromatic rings. The molecule has 1 fully saturated rings. The Hall–Kier alpha value is -1.03. The van der Waals surface area contributed by atoms with E-state index in [4.69, 9.17) is 9.84 Å². The van der Waals surface area contributed by atoms with Crippen LogP contribution in [0.1, 0.15) is 19.8 Å². The second-order valence-corrected chi connectivity index (χ2v) is 4.05. The van der Waals surface area contributed by atoms with Crippen molar-refractivity contribution in [2.45, 2.75) is 19.8 Å². The molecule has 0 aromatic carbocycles. The lowest BCUT2D eigenvalue weighted by atomic mass is 9.75. The van der Waals surface area contributed by atoms with Gasteiger partial charge in [0.2, 0.25) is 0 Å². The van der Waals surface area contributed by atoms with Gasteiger partial charge in [-0.3, -0.25) is 0 Å². The van der Waals surface area contributed by atoms with Crippen molar-refractivity contribution in [3.63, 3.8) is 0 Å². The van der Waals surface area contributed by atoms with Crippen molar-refractivity contribution in [2.24, 2.45) is 5.41 Å².